The number of hydrogen-bond acceptors (Lipinski definition) is 13. The van der Waals surface area contributed by atoms with Crippen LogP contribution in [0.2, 0.25) is 0 Å². The number of aromatic hydroxyl groups is 1. The van der Waals surface area contributed by atoms with Gasteiger partial charge in [0.25, 0.3) is 0 Å². The second-order valence-corrected chi connectivity index (χ2v) is 22.7. The minimum absolute atomic E-state index is 0.0144. The van der Waals surface area contributed by atoms with Gasteiger partial charge in [0.2, 0.25) is 11.8 Å². The monoisotopic (exact) mass is 1000 g/mol. The van der Waals surface area contributed by atoms with Crippen molar-refractivity contribution in [3.63, 3.8) is 0 Å². The van der Waals surface area contributed by atoms with E-state index in [0.717, 1.165) is 120 Å². The number of rotatable bonds is 12. The Kier molecular flexibility index (Phi) is 12.0. The molecule has 3 atom stereocenters. The number of ether oxygens (including phenoxy) is 1. The number of carbonyl (C=O) groups is 2. The molecule has 3 unspecified atom stereocenters. The van der Waals surface area contributed by atoms with Crippen molar-refractivity contribution in [1.29, 1.82) is 0 Å². The van der Waals surface area contributed by atoms with E-state index >= 15 is 8.78 Å². The molecule has 0 radical (unpaired) electrons. The lowest BCUT2D eigenvalue weighted by Gasteiger charge is -2.49. The van der Waals surface area contributed by atoms with Crippen LogP contribution in [0.3, 0.4) is 0 Å². The van der Waals surface area contributed by atoms with E-state index in [1.165, 1.54) is 42.9 Å². The number of phenolic OH excluding ortho intramolecular Hbond substituents is 1. The third-order valence-electron chi connectivity index (χ3n) is 17.7. The van der Waals surface area contributed by atoms with Gasteiger partial charge in [-0.15, -0.1) is 6.42 Å². The standard InChI is InChI=1S/C57H63F2N11O4/c1-3-41-46(58)10-5-36-22-40(71)24-44(49(36)41)52-50(59)53-45(25-60-52)54(70-29-37-6-7-38(30-70)61-37)64-56(63-53)74-32-57(16-17-57)31-68-20-14-39(15-21-68)69-27-33(28-69)26-67-18-12-34(13-19-67)35-4-8-42-47(23-35)66(2)65-51(42)43-9-11-48(72)62-55(43)73/h1,4-5,8,10,22-25,33-34,37-39,43,61,71H,6-7,9,11-21,26-32H2,2H3,(H,62,72,73). The summed E-state index contributed by atoms with van der Waals surface area (Å²) in [5, 5.41) is 23.9. The number of amides is 2. The first-order valence-electron chi connectivity index (χ1n) is 26.9. The first-order valence-corrected chi connectivity index (χ1v) is 26.9. The number of halogens is 2. The predicted octanol–water partition coefficient (Wildman–Crippen LogP) is 6.59. The summed E-state index contributed by atoms with van der Waals surface area (Å²) in [6, 6.07) is 13.6. The number of piperidine rings is 3. The lowest BCUT2D eigenvalue weighted by molar-refractivity contribution is -0.134. The summed E-state index contributed by atoms with van der Waals surface area (Å²) in [7, 11) is 1.94. The molecular weight excluding hydrogens is 941 g/mol. The fourth-order valence-corrected chi connectivity index (χ4v) is 13.5. The minimum Gasteiger partial charge on any atom is -0.508 e. The Morgan fingerprint density at radius 3 is 2.41 bits per heavy atom. The number of fused-ring (bicyclic) bond motifs is 5. The summed E-state index contributed by atoms with van der Waals surface area (Å²) in [5.41, 5.74) is 3.25. The molecule has 9 heterocycles. The van der Waals surface area contributed by atoms with Gasteiger partial charge in [-0.1, -0.05) is 24.1 Å². The van der Waals surface area contributed by atoms with Crippen molar-refractivity contribution in [3.05, 3.63) is 77.1 Å². The van der Waals surface area contributed by atoms with Crippen LogP contribution in [0, 0.1) is 35.3 Å². The van der Waals surface area contributed by atoms with E-state index in [2.05, 4.69) is 59.3 Å². The van der Waals surface area contributed by atoms with Crippen LogP contribution in [-0.4, -0.2) is 147 Å². The number of phenols is 1. The summed E-state index contributed by atoms with van der Waals surface area (Å²) >= 11 is 0. The lowest BCUT2D eigenvalue weighted by atomic mass is 9.87. The second-order valence-electron chi connectivity index (χ2n) is 22.7. The van der Waals surface area contributed by atoms with Crippen LogP contribution in [0.1, 0.15) is 92.9 Å². The van der Waals surface area contributed by atoms with E-state index in [1.807, 2.05) is 11.7 Å². The molecule has 3 aromatic heterocycles. The number of terminal acetylenes is 1. The Hall–Kier alpha value is -6.32. The van der Waals surface area contributed by atoms with Gasteiger partial charge in [0.1, 0.15) is 28.6 Å². The number of nitrogens with zero attached hydrogens (tertiary/aromatic N) is 9. The van der Waals surface area contributed by atoms with Gasteiger partial charge in [-0.3, -0.25) is 29.5 Å². The van der Waals surface area contributed by atoms with Crippen LogP contribution in [0.15, 0.2) is 48.7 Å². The van der Waals surface area contributed by atoms with E-state index in [4.69, 9.17) is 26.2 Å². The Morgan fingerprint density at radius 1 is 0.892 bits per heavy atom. The molecule has 2 bridgehead atoms. The zero-order chi connectivity index (χ0) is 50.4. The quantitative estimate of drug-likeness (QED) is 0.0893. The number of aryl methyl sites for hydroxylation is 1. The Morgan fingerprint density at radius 2 is 1.66 bits per heavy atom. The van der Waals surface area contributed by atoms with Crippen molar-refractivity contribution in [3.8, 4) is 35.4 Å². The highest BCUT2D eigenvalue weighted by atomic mass is 19.1. The number of hydrogen-bond donors (Lipinski definition) is 3. The molecule has 6 saturated heterocycles. The van der Waals surface area contributed by atoms with Gasteiger partial charge < -0.3 is 29.9 Å². The molecule has 0 spiro atoms. The van der Waals surface area contributed by atoms with Gasteiger partial charge >= 0.3 is 6.01 Å². The smallest absolute Gasteiger partial charge is 0.319 e. The molecule has 3 aromatic carbocycles. The Labute approximate surface area is 429 Å². The third kappa shape index (κ3) is 8.80. The molecule has 13 rings (SSSR count). The van der Waals surface area contributed by atoms with Crippen LogP contribution in [-0.2, 0) is 16.6 Å². The molecule has 7 aliphatic rings. The van der Waals surface area contributed by atoms with Gasteiger partial charge in [0.05, 0.1) is 34.7 Å². The first-order chi connectivity index (χ1) is 35.9. The average Bonchev–Trinajstić information content (AvgIpc) is 3.97. The van der Waals surface area contributed by atoms with E-state index in [9.17, 15) is 14.7 Å². The number of aromatic nitrogens is 5. The van der Waals surface area contributed by atoms with Crippen LogP contribution in [0.4, 0.5) is 14.6 Å². The molecule has 3 N–H and O–H groups in total. The number of benzene rings is 3. The SMILES string of the molecule is C#Cc1c(F)ccc2cc(O)cc(-c3ncc4c(N5CC6CCC(C5)N6)nc(OCC5(CN6CCC(N7CC(CN8CCC(c9ccc%10c(C%11CCC(=O)NC%11=O)nn(C)c%10c9)CC8)C7)CC6)CC5)nc4c3F)c12. The minimum atomic E-state index is -0.715. The number of nitrogens with one attached hydrogen (secondary N) is 2. The molecule has 15 nitrogen and oxygen atoms in total. The molecule has 384 valence electrons. The van der Waals surface area contributed by atoms with Gasteiger partial charge in [-0.25, -0.2) is 8.78 Å². The highest BCUT2D eigenvalue weighted by Gasteiger charge is 2.46. The summed E-state index contributed by atoms with van der Waals surface area (Å²) < 4.78 is 40.6. The van der Waals surface area contributed by atoms with Crippen molar-refractivity contribution < 1.29 is 28.2 Å². The zero-order valence-corrected chi connectivity index (χ0v) is 42.0. The second kappa shape index (κ2) is 18.8. The van der Waals surface area contributed by atoms with Crippen LogP contribution >= 0.6 is 0 Å². The molecular formula is C57H63F2N11O4. The highest BCUT2D eigenvalue weighted by Crippen LogP contribution is 2.48. The molecule has 17 heteroatoms. The van der Waals surface area contributed by atoms with Crippen molar-refractivity contribution in [1.82, 2.24) is 50.1 Å². The van der Waals surface area contributed by atoms with E-state index in [1.54, 1.807) is 6.20 Å². The number of piperazine rings is 1. The van der Waals surface area contributed by atoms with Crippen molar-refractivity contribution in [2.24, 2.45) is 18.4 Å². The maximum absolute atomic E-state index is 17.2. The number of pyridine rings is 1. The van der Waals surface area contributed by atoms with Crippen molar-refractivity contribution >= 4 is 50.2 Å². The van der Waals surface area contributed by atoms with E-state index in [-0.39, 0.29) is 51.3 Å². The average molecular weight is 1000 g/mol. The molecule has 74 heavy (non-hydrogen) atoms. The maximum atomic E-state index is 17.2. The third-order valence-corrected chi connectivity index (χ3v) is 17.7. The van der Waals surface area contributed by atoms with Gasteiger partial charge in [0.15, 0.2) is 5.82 Å². The first kappa shape index (κ1) is 47.4. The lowest BCUT2D eigenvalue weighted by Crippen LogP contribution is -2.58. The Bertz CT molecular complexity index is 3250. The summed E-state index contributed by atoms with van der Waals surface area (Å²) in [6.45, 7) is 10.6. The molecule has 1 saturated carbocycles. The van der Waals surface area contributed by atoms with Crippen molar-refractivity contribution in [2.75, 3.05) is 77.0 Å². The number of carbonyl (C=O) groups excluding carboxylic acids is 2. The molecule has 1 aliphatic carbocycles. The van der Waals surface area contributed by atoms with Gasteiger partial charge in [0, 0.05) is 98.8 Å². The van der Waals surface area contributed by atoms with Crippen LogP contribution < -0.4 is 20.3 Å². The summed E-state index contributed by atoms with van der Waals surface area (Å²) in [4.78, 5) is 48.9. The van der Waals surface area contributed by atoms with E-state index in [0.29, 0.717) is 71.4 Å². The topological polar surface area (TPSA) is 157 Å². The molecule has 7 fully saturated rings. The predicted molar refractivity (Wildman–Crippen MR) is 278 cm³/mol. The van der Waals surface area contributed by atoms with Crippen molar-refractivity contribution in [2.45, 2.75) is 94.2 Å². The van der Waals surface area contributed by atoms with Crippen LogP contribution in [0.5, 0.6) is 11.8 Å². The zero-order valence-electron chi connectivity index (χ0n) is 42.0. The fraction of sp³-hybridized carbons (Fsp3) is 0.509. The largest absolute Gasteiger partial charge is 0.508 e. The number of likely N-dealkylation sites (tertiary alicyclic amines) is 3. The van der Waals surface area contributed by atoms with Crippen LogP contribution in [0.25, 0.3) is 43.8 Å². The highest BCUT2D eigenvalue weighted by molar-refractivity contribution is 6.04. The van der Waals surface area contributed by atoms with Gasteiger partial charge in [-0.05, 0) is 131 Å². The summed E-state index contributed by atoms with van der Waals surface area (Å²) in [6.07, 6.45) is 17.0. The number of imide groups is 1. The van der Waals surface area contributed by atoms with E-state index < -0.39 is 17.6 Å². The molecule has 6 aromatic rings. The summed E-state index contributed by atoms with van der Waals surface area (Å²) in [5.74, 6) is 1.92. The maximum Gasteiger partial charge on any atom is 0.319 e. The normalized spacial score (nSPS) is 24.2. The fourth-order valence-electron chi connectivity index (χ4n) is 13.5. The Balaban J connectivity index is 0.619. The molecule has 2 amide bonds. The number of anilines is 1. The molecule has 6 aliphatic heterocycles. The van der Waals surface area contributed by atoms with Gasteiger partial charge in [-0.2, -0.15) is 15.1 Å².